The van der Waals surface area contributed by atoms with Crippen LogP contribution in [0.15, 0.2) is 23.0 Å². The van der Waals surface area contributed by atoms with E-state index in [0.717, 1.165) is 62.3 Å². The van der Waals surface area contributed by atoms with E-state index in [1.807, 2.05) is 19.1 Å². The number of rotatable bonds is 7. The summed E-state index contributed by atoms with van der Waals surface area (Å²) in [5, 5.41) is 2.38. The number of aromatic nitrogens is 2. The van der Waals surface area contributed by atoms with Crippen LogP contribution in [0.3, 0.4) is 0 Å². The molecule has 5 rings (SSSR count). The number of hydrogen-bond donors (Lipinski definition) is 2. The molecule has 1 aliphatic carbocycles. The third-order valence-corrected chi connectivity index (χ3v) is 7.62. The molecule has 3 N–H and O–H groups in total. The number of anilines is 1. The Kier molecular flexibility index (Phi) is 6.69. The van der Waals surface area contributed by atoms with Gasteiger partial charge in [-0.05, 0) is 44.2 Å². The van der Waals surface area contributed by atoms with Crippen LogP contribution in [0.2, 0.25) is 0 Å². The number of amides is 2. The van der Waals surface area contributed by atoms with Gasteiger partial charge in [0.1, 0.15) is 6.04 Å². The lowest BCUT2D eigenvalue weighted by atomic mass is 9.81. The molecule has 1 saturated carbocycles. The van der Waals surface area contributed by atoms with Crippen molar-refractivity contribution in [2.75, 3.05) is 44.2 Å². The van der Waals surface area contributed by atoms with E-state index in [0.29, 0.717) is 25.0 Å². The van der Waals surface area contributed by atoms with Gasteiger partial charge >= 0.3 is 5.69 Å². The number of para-hydroxylation sites is 1. The molecule has 2 aliphatic heterocycles. The summed E-state index contributed by atoms with van der Waals surface area (Å²) in [7, 11) is 1.76. The summed E-state index contributed by atoms with van der Waals surface area (Å²) in [6.07, 6.45) is 3.16. The van der Waals surface area contributed by atoms with E-state index < -0.39 is 11.9 Å². The Balaban J connectivity index is 1.26. The van der Waals surface area contributed by atoms with Crippen LogP contribution in [0.5, 0.6) is 0 Å². The maximum atomic E-state index is 13.2. The number of nitrogens with two attached hydrogens (primary N) is 1. The first-order valence-corrected chi connectivity index (χ1v) is 12.7. The van der Waals surface area contributed by atoms with Gasteiger partial charge in [-0.25, -0.2) is 4.79 Å². The zero-order valence-electron chi connectivity index (χ0n) is 20.6. The number of imidazole rings is 1. The number of fused-ring (bicyclic) bond motifs is 1. The van der Waals surface area contributed by atoms with Gasteiger partial charge in [-0.1, -0.05) is 6.07 Å². The summed E-state index contributed by atoms with van der Waals surface area (Å²) in [5.41, 5.74) is 8.14. The number of aryl methyl sites for hydroxylation is 1. The average Bonchev–Trinajstić information content (AvgIpc) is 3.06. The number of hydrogen-bond acceptors (Lipinski definition) is 7. The van der Waals surface area contributed by atoms with E-state index in [1.54, 1.807) is 16.2 Å². The highest BCUT2D eigenvalue weighted by Gasteiger charge is 2.34. The Bertz CT molecular complexity index is 1160. The van der Waals surface area contributed by atoms with E-state index in [-0.39, 0.29) is 24.1 Å². The lowest BCUT2D eigenvalue weighted by Crippen LogP contribution is -2.50. The molecular weight excluding hydrogens is 448 g/mol. The normalized spacial score (nSPS) is 26.6. The van der Waals surface area contributed by atoms with Gasteiger partial charge in [0.15, 0.2) is 0 Å². The minimum atomic E-state index is -0.667. The number of benzene rings is 1. The van der Waals surface area contributed by atoms with Gasteiger partial charge in [0, 0.05) is 52.2 Å². The number of piperazine rings is 1. The van der Waals surface area contributed by atoms with E-state index in [9.17, 15) is 14.4 Å². The van der Waals surface area contributed by atoms with Crippen molar-refractivity contribution in [1.82, 2.24) is 19.4 Å². The van der Waals surface area contributed by atoms with Crippen molar-refractivity contribution in [2.45, 2.75) is 50.8 Å². The molecule has 2 atom stereocenters. The number of imide groups is 1. The van der Waals surface area contributed by atoms with Crippen molar-refractivity contribution in [2.24, 2.45) is 18.7 Å². The molecule has 3 aliphatic rings. The fraction of sp³-hybridized carbons (Fsp3) is 0.640. The van der Waals surface area contributed by atoms with E-state index in [1.165, 1.54) is 0 Å². The second-order valence-corrected chi connectivity index (χ2v) is 10.4. The zero-order chi connectivity index (χ0) is 24.7. The number of nitrogens with one attached hydrogen (secondary N) is 1. The fourth-order valence-corrected chi connectivity index (χ4v) is 5.69. The van der Waals surface area contributed by atoms with Gasteiger partial charge in [0.25, 0.3) is 0 Å². The molecule has 10 nitrogen and oxygen atoms in total. The lowest BCUT2D eigenvalue weighted by molar-refractivity contribution is -0.135. The van der Waals surface area contributed by atoms with Gasteiger partial charge in [-0.2, -0.15) is 0 Å². The molecule has 190 valence electrons. The zero-order valence-corrected chi connectivity index (χ0v) is 20.6. The fourth-order valence-electron chi connectivity index (χ4n) is 5.69. The number of ether oxygens (including phenoxy) is 1. The van der Waals surface area contributed by atoms with Crippen LogP contribution in [0.25, 0.3) is 11.0 Å². The molecule has 3 heterocycles. The van der Waals surface area contributed by atoms with Gasteiger partial charge in [-0.3, -0.25) is 28.9 Å². The van der Waals surface area contributed by atoms with Crippen LogP contribution in [-0.4, -0.2) is 77.3 Å². The van der Waals surface area contributed by atoms with Gasteiger partial charge < -0.3 is 15.4 Å². The van der Waals surface area contributed by atoms with Crippen molar-refractivity contribution in [3.05, 3.63) is 28.7 Å². The SMILES string of the molecule is CC(N)COC1CC(CN2CCN(c3cccc4c3n(C)c(=O)n4C3CCC(=O)NC3=O)CC2)C1. The first-order valence-electron chi connectivity index (χ1n) is 12.7. The van der Waals surface area contributed by atoms with Crippen molar-refractivity contribution in [3.63, 3.8) is 0 Å². The van der Waals surface area contributed by atoms with Crippen LogP contribution in [0.4, 0.5) is 5.69 Å². The van der Waals surface area contributed by atoms with Crippen molar-refractivity contribution >= 4 is 28.5 Å². The molecule has 0 spiro atoms. The predicted octanol–water partition coefficient (Wildman–Crippen LogP) is 0.582. The minimum absolute atomic E-state index is 0.0898. The highest BCUT2D eigenvalue weighted by Crippen LogP contribution is 2.33. The summed E-state index contributed by atoms with van der Waals surface area (Å²) in [6, 6.07) is 5.31. The van der Waals surface area contributed by atoms with Crippen LogP contribution in [-0.2, 0) is 21.4 Å². The summed E-state index contributed by atoms with van der Waals surface area (Å²) < 4.78 is 9.02. The molecule has 2 unspecified atom stereocenters. The highest BCUT2D eigenvalue weighted by molar-refractivity contribution is 6.00. The van der Waals surface area contributed by atoms with Crippen LogP contribution in [0.1, 0.15) is 38.6 Å². The van der Waals surface area contributed by atoms with Gasteiger partial charge in [0.05, 0.1) is 29.4 Å². The molecule has 2 saturated heterocycles. The quantitative estimate of drug-likeness (QED) is 0.553. The summed E-state index contributed by atoms with van der Waals surface area (Å²) in [4.78, 5) is 42.2. The van der Waals surface area contributed by atoms with Crippen LogP contribution in [0, 0.1) is 5.92 Å². The average molecular weight is 485 g/mol. The Morgan fingerprint density at radius 3 is 2.57 bits per heavy atom. The topological polar surface area (TPSA) is 115 Å². The third-order valence-electron chi connectivity index (χ3n) is 7.62. The highest BCUT2D eigenvalue weighted by atomic mass is 16.5. The number of carbonyl (C=O) groups excluding carboxylic acids is 2. The van der Waals surface area contributed by atoms with Crippen LogP contribution < -0.4 is 21.6 Å². The smallest absolute Gasteiger partial charge is 0.329 e. The second-order valence-electron chi connectivity index (χ2n) is 10.4. The Labute approximate surface area is 205 Å². The molecule has 3 fully saturated rings. The third kappa shape index (κ3) is 4.74. The monoisotopic (exact) mass is 484 g/mol. The standard InChI is InChI=1S/C25H36N6O4/c1-16(26)15-35-18-12-17(13-18)14-29-8-10-30(11-9-29)19-4-3-5-20-23(19)28(2)25(34)31(20)21-6-7-22(32)27-24(21)33/h3-5,16-18,21H,6-15,26H2,1-2H3,(H,27,32,33). The minimum Gasteiger partial charge on any atom is -0.377 e. The Hall–Kier alpha value is -2.69. The van der Waals surface area contributed by atoms with Gasteiger partial charge in [-0.15, -0.1) is 0 Å². The summed E-state index contributed by atoms with van der Waals surface area (Å²) >= 11 is 0. The van der Waals surface area contributed by atoms with Crippen molar-refractivity contribution in [1.29, 1.82) is 0 Å². The van der Waals surface area contributed by atoms with Gasteiger partial charge in [0.2, 0.25) is 11.8 Å². The molecule has 1 aromatic heterocycles. The van der Waals surface area contributed by atoms with E-state index >= 15 is 0 Å². The molecule has 2 aromatic rings. The first kappa shape index (κ1) is 24.0. The molecule has 0 bridgehead atoms. The molecule has 10 heteroatoms. The molecular formula is C25H36N6O4. The summed E-state index contributed by atoms with van der Waals surface area (Å²) in [5.74, 6) is -0.00400. The van der Waals surface area contributed by atoms with E-state index in [4.69, 9.17) is 10.5 Å². The number of nitrogens with zero attached hydrogens (tertiary/aromatic N) is 4. The van der Waals surface area contributed by atoms with Crippen molar-refractivity contribution < 1.29 is 14.3 Å². The van der Waals surface area contributed by atoms with Crippen molar-refractivity contribution in [3.8, 4) is 0 Å². The van der Waals surface area contributed by atoms with E-state index in [2.05, 4.69) is 21.2 Å². The molecule has 2 amide bonds. The first-order chi connectivity index (χ1) is 16.8. The lowest BCUT2D eigenvalue weighted by Gasteiger charge is -2.42. The molecule has 0 radical (unpaired) electrons. The van der Waals surface area contributed by atoms with Crippen LogP contribution >= 0.6 is 0 Å². The molecule has 35 heavy (non-hydrogen) atoms. The second kappa shape index (κ2) is 9.75. The maximum absolute atomic E-state index is 13.2. The Morgan fingerprint density at radius 2 is 1.89 bits per heavy atom. The predicted molar refractivity (Wildman–Crippen MR) is 133 cm³/mol. The molecule has 1 aromatic carbocycles. The number of carbonyl (C=O) groups is 2. The number of piperidine rings is 1. The summed E-state index contributed by atoms with van der Waals surface area (Å²) in [6.45, 7) is 7.41. The maximum Gasteiger partial charge on any atom is 0.329 e. The Morgan fingerprint density at radius 1 is 1.14 bits per heavy atom. The largest absolute Gasteiger partial charge is 0.377 e.